The van der Waals surface area contributed by atoms with E-state index in [0.29, 0.717) is 11.3 Å². The molecule has 0 radical (unpaired) electrons. The fourth-order valence-corrected chi connectivity index (χ4v) is 4.33. The Bertz CT molecular complexity index is 814. The van der Waals surface area contributed by atoms with Gasteiger partial charge in [0, 0.05) is 18.0 Å². The zero-order valence-electron chi connectivity index (χ0n) is 16.6. The molecule has 0 bridgehead atoms. The summed E-state index contributed by atoms with van der Waals surface area (Å²) in [4.78, 5) is 27.9. The molecule has 2 amide bonds. The number of amides is 2. The number of carbonyl (C=O) groups excluding carboxylic acids is 2. The second-order valence-corrected chi connectivity index (χ2v) is 8.18. The summed E-state index contributed by atoms with van der Waals surface area (Å²) in [5.74, 6) is 0.420. The first-order chi connectivity index (χ1) is 13.6. The number of hydrogen-bond acceptors (Lipinski definition) is 3. The number of hydrogen-bond donors (Lipinski definition) is 1. The first-order valence-corrected chi connectivity index (χ1v) is 11.0. The molecule has 3 rings (SSSR count). The van der Waals surface area contributed by atoms with Gasteiger partial charge in [-0.3, -0.25) is 9.59 Å². The zero-order chi connectivity index (χ0) is 19.9. The monoisotopic (exact) mass is 396 g/mol. The van der Waals surface area contributed by atoms with E-state index >= 15 is 0 Å². The second-order valence-electron chi connectivity index (χ2n) is 7.16. The van der Waals surface area contributed by atoms with Crippen LogP contribution in [0.5, 0.6) is 0 Å². The van der Waals surface area contributed by atoms with Gasteiger partial charge in [-0.15, -0.1) is 11.8 Å². The fraction of sp³-hybridized carbons (Fsp3) is 0.391. The summed E-state index contributed by atoms with van der Waals surface area (Å²) in [5.41, 5.74) is 2.99. The van der Waals surface area contributed by atoms with Crippen LogP contribution in [0.25, 0.3) is 0 Å². The topological polar surface area (TPSA) is 49.4 Å². The van der Waals surface area contributed by atoms with Gasteiger partial charge in [-0.05, 0) is 49.4 Å². The largest absolute Gasteiger partial charge is 0.345 e. The Balaban J connectivity index is 1.63. The third-order valence-electron chi connectivity index (χ3n) is 5.18. The van der Waals surface area contributed by atoms with Crippen molar-refractivity contribution in [1.82, 2.24) is 10.2 Å². The van der Waals surface area contributed by atoms with Crippen molar-refractivity contribution in [3.05, 3.63) is 65.2 Å². The number of thioether (sulfide) groups is 1. The van der Waals surface area contributed by atoms with Crippen LogP contribution in [0.4, 0.5) is 0 Å². The minimum Gasteiger partial charge on any atom is -0.345 e. The van der Waals surface area contributed by atoms with Crippen LogP contribution in [0.3, 0.4) is 0 Å². The number of rotatable bonds is 7. The molecule has 1 atom stereocenters. The van der Waals surface area contributed by atoms with Gasteiger partial charge in [0.05, 0.1) is 17.4 Å². The average molecular weight is 397 g/mol. The quantitative estimate of drug-likeness (QED) is 0.703. The minimum atomic E-state index is -0.108. The Hall–Kier alpha value is -2.27. The maximum atomic E-state index is 12.9. The maximum Gasteiger partial charge on any atom is 0.252 e. The lowest BCUT2D eigenvalue weighted by Gasteiger charge is -2.17. The third kappa shape index (κ3) is 5.16. The van der Waals surface area contributed by atoms with Crippen molar-refractivity contribution in [2.45, 2.75) is 44.0 Å². The SMILES string of the molecule is CCc1ccc(C(C)NC(=O)c2ccccc2SCC(=O)N2CCCC2)cc1. The Morgan fingerprint density at radius 1 is 1.07 bits per heavy atom. The van der Waals surface area contributed by atoms with E-state index in [1.807, 2.05) is 36.1 Å². The van der Waals surface area contributed by atoms with Gasteiger partial charge in [0.1, 0.15) is 0 Å². The highest BCUT2D eigenvalue weighted by Gasteiger charge is 2.20. The Morgan fingerprint density at radius 2 is 1.75 bits per heavy atom. The molecule has 4 nitrogen and oxygen atoms in total. The van der Waals surface area contributed by atoms with Crippen molar-refractivity contribution in [2.24, 2.45) is 0 Å². The van der Waals surface area contributed by atoms with Gasteiger partial charge < -0.3 is 10.2 Å². The molecule has 2 aromatic rings. The fourth-order valence-electron chi connectivity index (χ4n) is 3.38. The molecule has 0 spiro atoms. The minimum absolute atomic E-state index is 0.0808. The van der Waals surface area contributed by atoms with Gasteiger partial charge in [-0.1, -0.05) is 43.3 Å². The zero-order valence-corrected chi connectivity index (χ0v) is 17.4. The van der Waals surface area contributed by atoms with Crippen LogP contribution in [0, 0.1) is 0 Å². The first kappa shape index (κ1) is 20.5. The first-order valence-electron chi connectivity index (χ1n) is 9.97. The van der Waals surface area contributed by atoms with Gasteiger partial charge in [0.2, 0.25) is 5.91 Å². The maximum absolute atomic E-state index is 12.9. The van der Waals surface area contributed by atoms with Crippen LogP contribution in [0.15, 0.2) is 53.4 Å². The lowest BCUT2D eigenvalue weighted by Crippen LogP contribution is -2.29. The van der Waals surface area contributed by atoms with Crippen LogP contribution < -0.4 is 5.32 Å². The molecule has 0 aliphatic carbocycles. The summed E-state index contributed by atoms with van der Waals surface area (Å²) in [6.45, 7) is 5.83. The summed E-state index contributed by atoms with van der Waals surface area (Å²) in [6, 6.07) is 15.8. The molecular formula is C23H28N2O2S. The number of carbonyl (C=O) groups is 2. The molecule has 1 aliphatic heterocycles. The summed E-state index contributed by atoms with van der Waals surface area (Å²) >= 11 is 1.45. The molecule has 1 aliphatic rings. The standard InChI is InChI=1S/C23H28N2O2S/c1-3-18-10-12-19(13-11-18)17(2)24-23(27)20-8-4-5-9-21(20)28-16-22(26)25-14-6-7-15-25/h4-5,8-13,17H,3,6-7,14-16H2,1-2H3,(H,24,27). The number of aryl methyl sites for hydroxylation is 1. The van der Waals surface area contributed by atoms with Crippen LogP contribution in [0.1, 0.15) is 54.2 Å². The molecule has 148 valence electrons. The number of nitrogens with one attached hydrogen (secondary N) is 1. The van der Waals surface area contributed by atoms with Gasteiger partial charge in [-0.25, -0.2) is 0 Å². The number of nitrogens with zero attached hydrogens (tertiary/aromatic N) is 1. The molecule has 0 saturated carbocycles. The highest BCUT2D eigenvalue weighted by Crippen LogP contribution is 2.24. The second kappa shape index (κ2) is 9.78. The van der Waals surface area contributed by atoms with E-state index < -0.39 is 0 Å². The highest BCUT2D eigenvalue weighted by atomic mass is 32.2. The molecule has 1 saturated heterocycles. The molecule has 1 unspecified atom stereocenters. The molecule has 1 N–H and O–H groups in total. The van der Waals surface area contributed by atoms with Gasteiger partial charge in [-0.2, -0.15) is 0 Å². The van der Waals surface area contributed by atoms with Crippen LogP contribution in [-0.4, -0.2) is 35.6 Å². The van der Waals surface area contributed by atoms with Crippen molar-refractivity contribution in [3.8, 4) is 0 Å². The van der Waals surface area contributed by atoms with Gasteiger partial charge >= 0.3 is 0 Å². The summed E-state index contributed by atoms with van der Waals surface area (Å²) in [7, 11) is 0. The number of benzene rings is 2. The Kier molecular flexibility index (Phi) is 7.15. The molecule has 1 fully saturated rings. The lowest BCUT2D eigenvalue weighted by molar-refractivity contribution is -0.127. The Labute approximate surface area is 171 Å². The van der Waals surface area contributed by atoms with E-state index in [1.54, 1.807) is 0 Å². The van der Waals surface area contributed by atoms with Crippen molar-refractivity contribution >= 4 is 23.6 Å². The van der Waals surface area contributed by atoms with E-state index in [-0.39, 0.29) is 17.9 Å². The third-order valence-corrected chi connectivity index (χ3v) is 6.24. The summed E-state index contributed by atoms with van der Waals surface area (Å²) < 4.78 is 0. The normalized spacial score (nSPS) is 14.7. The van der Waals surface area contributed by atoms with Gasteiger partial charge in [0.25, 0.3) is 5.91 Å². The lowest BCUT2D eigenvalue weighted by atomic mass is 10.0. The smallest absolute Gasteiger partial charge is 0.252 e. The summed E-state index contributed by atoms with van der Waals surface area (Å²) in [6.07, 6.45) is 3.18. The van der Waals surface area contributed by atoms with E-state index in [2.05, 4.69) is 36.5 Å². The summed E-state index contributed by atoms with van der Waals surface area (Å²) in [5, 5.41) is 3.09. The average Bonchev–Trinajstić information content (AvgIpc) is 3.27. The van der Waals surface area contributed by atoms with Crippen molar-refractivity contribution < 1.29 is 9.59 Å². The molecular weight excluding hydrogens is 368 g/mol. The van der Waals surface area contributed by atoms with E-state index in [4.69, 9.17) is 0 Å². The van der Waals surface area contributed by atoms with E-state index in [0.717, 1.165) is 42.8 Å². The highest BCUT2D eigenvalue weighted by molar-refractivity contribution is 8.00. The van der Waals surface area contributed by atoms with E-state index in [1.165, 1.54) is 17.3 Å². The molecule has 2 aromatic carbocycles. The number of likely N-dealkylation sites (tertiary alicyclic amines) is 1. The molecule has 0 aromatic heterocycles. The molecule has 5 heteroatoms. The van der Waals surface area contributed by atoms with Crippen molar-refractivity contribution in [1.29, 1.82) is 0 Å². The van der Waals surface area contributed by atoms with E-state index in [9.17, 15) is 9.59 Å². The van der Waals surface area contributed by atoms with Crippen molar-refractivity contribution in [2.75, 3.05) is 18.8 Å². The molecule has 1 heterocycles. The van der Waals surface area contributed by atoms with Gasteiger partial charge in [0.15, 0.2) is 0 Å². The Morgan fingerprint density at radius 3 is 2.43 bits per heavy atom. The predicted molar refractivity (Wildman–Crippen MR) is 115 cm³/mol. The van der Waals surface area contributed by atoms with Crippen molar-refractivity contribution in [3.63, 3.8) is 0 Å². The van der Waals surface area contributed by atoms with Crippen LogP contribution in [0.2, 0.25) is 0 Å². The van der Waals surface area contributed by atoms with Crippen LogP contribution >= 0.6 is 11.8 Å². The van der Waals surface area contributed by atoms with Crippen LogP contribution in [-0.2, 0) is 11.2 Å². The predicted octanol–water partition coefficient (Wildman–Crippen LogP) is 4.45. The molecule has 28 heavy (non-hydrogen) atoms.